The summed E-state index contributed by atoms with van der Waals surface area (Å²) in [6, 6.07) is 25.8. The Balaban J connectivity index is 1.20. The van der Waals surface area contributed by atoms with Crippen LogP contribution >= 0.6 is 0 Å². The van der Waals surface area contributed by atoms with E-state index in [0.29, 0.717) is 37.0 Å². The smallest absolute Gasteiger partial charge is 0.243 e. The molecule has 0 unspecified atom stereocenters. The molecule has 0 spiro atoms. The third kappa shape index (κ3) is 5.82. The van der Waals surface area contributed by atoms with Crippen molar-refractivity contribution in [2.24, 2.45) is 0 Å². The lowest BCUT2D eigenvalue weighted by Crippen LogP contribution is -2.48. The van der Waals surface area contributed by atoms with Crippen LogP contribution < -0.4 is 15.5 Å². The molecule has 1 aliphatic heterocycles. The summed E-state index contributed by atoms with van der Waals surface area (Å²) in [7, 11) is -3.47. The first-order valence-corrected chi connectivity index (χ1v) is 13.7. The Morgan fingerprint density at radius 2 is 1.47 bits per heavy atom. The van der Waals surface area contributed by atoms with E-state index in [1.165, 1.54) is 6.92 Å². The Kier molecular flexibility index (Phi) is 7.34. The minimum absolute atomic E-state index is 0.115. The van der Waals surface area contributed by atoms with Crippen molar-refractivity contribution < 1.29 is 13.2 Å². The van der Waals surface area contributed by atoms with E-state index >= 15 is 0 Å². The Labute approximate surface area is 222 Å². The number of hydrogen-bond donors (Lipinski definition) is 2. The van der Waals surface area contributed by atoms with Gasteiger partial charge >= 0.3 is 0 Å². The van der Waals surface area contributed by atoms with Gasteiger partial charge in [0.1, 0.15) is 0 Å². The minimum atomic E-state index is -3.47. The fourth-order valence-corrected chi connectivity index (χ4v) is 5.76. The summed E-state index contributed by atoms with van der Waals surface area (Å²) in [6.07, 6.45) is 1.70. The lowest BCUT2D eigenvalue weighted by atomic mass is 10.1. The van der Waals surface area contributed by atoms with Gasteiger partial charge in [-0.25, -0.2) is 18.4 Å². The molecule has 2 N–H and O–H groups in total. The standard InChI is InChI=1S/C28H28N6O3S/c1-21(35)30-23-9-7-22(8-10-23)27-15-16-29-28(32-27)31-24-11-13-25(14-12-24)33-17-19-34(20-18-33)38(36,37)26-5-3-2-4-6-26/h2-16H,17-20H2,1H3,(H,30,35)(H,29,31,32). The molecule has 0 aliphatic carbocycles. The number of aromatic nitrogens is 2. The van der Waals surface area contributed by atoms with Gasteiger partial charge in [0.05, 0.1) is 10.6 Å². The number of rotatable bonds is 7. The number of benzene rings is 3. The number of carbonyl (C=O) groups excluding carboxylic acids is 1. The van der Waals surface area contributed by atoms with E-state index in [1.807, 2.05) is 60.7 Å². The number of carbonyl (C=O) groups is 1. The lowest BCUT2D eigenvalue weighted by Gasteiger charge is -2.35. The minimum Gasteiger partial charge on any atom is -0.369 e. The molecule has 1 saturated heterocycles. The van der Waals surface area contributed by atoms with Gasteiger partial charge in [0.15, 0.2) is 0 Å². The summed E-state index contributed by atoms with van der Waals surface area (Å²) in [4.78, 5) is 22.7. The van der Waals surface area contributed by atoms with E-state index in [1.54, 1.807) is 34.8 Å². The van der Waals surface area contributed by atoms with E-state index in [0.717, 1.165) is 28.3 Å². The van der Waals surface area contributed by atoms with Gasteiger partial charge in [-0.1, -0.05) is 30.3 Å². The summed E-state index contributed by atoms with van der Waals surface area (Å²) in [5.41, 5.74) is 4.27. The van der Waals surface area contributed by atoms with Gasteiger partial charge in [0, 0.05) is 61.9 Å². The van der Waals surface area contributed by atoms with Crippen molar-refractivity contribution in [3.63, 3.8) is 0 Å². The van der Waals surface area contributed by atoms with Crippen molar-refractivity contribution in [2.75, 3.05) is 41.7 Å². The molecule has 3 aromatic carbocycles. The number of anilines is 4. The monoisotopic (exact) mass is 528 g/mol. The predicted molar refractivity (Wildman–Crippen MR) is 149 cm³/mol. The lowest BCUT2D eigenvalue weighted by molar-refractivity contribution is -0.114. The molecule has 9 nitrogen and oxygen atoms in total. The maximum Gasteiger partial charge on any atom is 0.243 e. The molecule has 1 amide bonds. The number of piperazine rings is 1. The number of sulfonamides is 1. The van der Waals surface area contributed by atoms with Crippen molar-refractivity contribution in [3.8, 4) is 11.3 Å². The summed E-state index contributed by atoms with van der Waals surface area (Å²) in [6.45, 7) is 3.57. The molecular weight excluding hydrogens is 500 g/mol. The SMILES string of the molecule is CC(=O)Nc1ccc(-c2ccnc(Nc3ccc(N4CCN(S(=O)(=O)c5ccccc5)CC4)cc3)n2)cc1. The number of amides is 1. The Morgan fingerprint density at radius 3 is 2.13 bits per heavy atom. The second kappa shape index (κ2) is 11.0. The molecule has 4 aromatic rings. The van der Waals surface area contributed by atoms with Crippen molar-refractivity contribution in [2.45, 2.75) is 11.8 Å². The van der Waals surface area contributed by atoms with Gasteiger partial charge in [-0.05, 0) is 54.6 Å². The first-order chi connectivity index (χ1) is 18.4. The highest BCUT2D eigenvalue weighted by atomic mass is 32.2. The van der Waals surface area contributed by atoms with E-state index in [4.69, 9.17) is 0 Å². The molecule has 1 aromatic heterocycles. The molecule has 0 radical (unpaired) electrons. The number of hydrogen-bond acceptors (Lipinski definition) is 7. The molecule has 5 rings (SSSR count). The second-order valence-electron chi connectivity index (χ2n) is 8.90. The number of nitrogens with one attached hydrogen (secondary N) is 2. The first kappa shape index (κ1) is 25.4. The van der Waals surface area contributed by atoms with Gasteiger partial charge in [-0.3, -0.25) is 4.79 Å². The van der Waals surface area contributed by atoms with Crippen LogP contribution in [0.1, 0.15) is 6.92 Å². The molecule has 0 saturated carbocycles. The summed E-state index contributed by atoms with van der Waals surface area (Å²) >= 11 is 0. The topological polar surface area (TPSA) is 108 Å². The second-order valence-corrected chi connectivity index (χ2v) is 10.8. The van der Waals surface area contributed by atoms with Gasteiger partial charge in [-0.15, -0.1) is 0 Å². The van der Waals surface area contributed by atoms with Crippen LogP contribution in [0.4, 0.5) is 23.0 Å². The molecule has 0 bridgehead atoms. The molecule has 1 aliphatic rings. The van der Waals surface area contributed by atoms with Crippen LogP contribution in [0.2, 0.25) is 0 Å². The van der Waals surface area contributed by atoms with E-state index in [2.05, 4.69) is 25.5 Å². The highest BCUT2D eigenvalue weighted by molar-refractivity contribution is 7.89. The first-order valence-electron chi connectivity index (χ1n) is 12.3. The van der Waals surface area contributed by atoms with Gasteiger partial charge < -0.3 is 15.5 Å². The average molecular weight is 529 g/mol. The number of nitrogens with zero attached hydrogens (tertiary/aromatic N) is 4. The van der Waals surface area contributed by atoms with Crippen molar-refractivity contribution in [1.82, 2.24) is 14.3 Å². The largest absolute Gasteiger partial charge is 0.369 e. The molecule has 1 fully saturated rings. The Bertz CT molecular complexity index is 1500. The maximum absolute atomic E-state index is 12.9. The Morgan fingerprint density at radius 1 is 0.816 bits per heavy atom. The average Bonchev–Trinajstić information content (AvgIpc) is 2.94. The van der Waals surface area contributed by atoms with Crippen LogP contribution in [-0.2, 0) is 14.8 Å². The molecule has 0 atom stereocenters. The maximum atomic E-state index is 12.9. The molecule has 2 heterocycles. The van der Waals surface area contributed by atoms with Gasteiger partial charge in [0.2, 0.25) is 21.9 Å². The van der Waals surface area contributed by atoms with Crippen molar-refractivity contribution in [3.05, 3.63) is 91.1 Å². The Hall–Kier alpha value is -4.28. The third-order valence-corrected chi connectivity index (χ3v) is 8.18. The van der Waals surface area contributed by atoms with Crippen LogP contribution in [-0.4, -0.2) is 54.8 Å². The van der Waals surface area contributed by atoms with E-state index < -0.39 is 10.0 Å². The van der Waals surface area contributed by atoms with Crippen LogP contribution in [0.15, 0.2) is 96.0 Å². The van der Waals surface area contributed by atoms with Gasteiger partial charge in [-0.2, -0.15) is 4.31 Å². The van der Waals surface area contributed by atoms with Crippen molar-refractivity contribution in [1.29, 1.82) is 0 Å². The zero-order valence-electron chi connectivity index (χ0n) is 20.9. The normalized spacial score (nSPS) is 14.2. The van der Waals surface area contributed by atoms with Gasteiger partial charge in [0.25, 0.3) is 0 Å². The zero-order chi connectivity index (χ0) is 26.5. The molecule has 194 valence electrons. The highest BCUT2D eigenvalue weighted by Gasteiger charge is 2.28. The quantitative estimate of drug-likeness (QED) is 0.367. The summed E-state index contributed by atoms with van der Waals surface area (Å²) < 4.78 is 27.3. The third-order valence-electron chi connectivity index (χ3n) is 6.26. The summed E-state index contributed by atoms with van der Waals surface area (Å²) in [5.74, 6) is 0.358. The van der Waals surface area contributed by atoms with Crippen molar-refractivity contribution >= 4 is 38.9 Å². The van der Waals surface area contributed by atoms with Crippen LogP contribution in [0.3, 0.4) is 0 Å². The molecule has 38 heavy (non-hydrogen) atoms. The fourth-order valence-electron chi connectivity index (χ4n) is 4.32. The highest BCUT2D eigenvalue weighted by Crippen LogP contribution is 2.25. The zero-order valence-corrected chi connectivity index (χ0v) is 21.7. The van der Waals surface area contributed by atoms with Crippen LogP contribution in [0.25, 0.3) is 11.3 Å². The molecule has 10 heteroatoms. The van der Waals surface area contributed by atoms with E-state index in [9.17, 15) is 13.2 Å². The molecular formula is C28H28N6O3S. The van der Waals surface area contributed by atoms with Crippen LogP contribution in [0.5, 0.6) is 0 Å². The van der Waals surface area contributed by atoms with Crippen LogP contribution in [0, 0.1) is 0 Å². The summed E-state index contributed by atoms with van der Waals surface area (Å²) in [5, 5.41) is 6.00. The predicted octanol–water partition coefficient (Wildman–Crippen LogP) is 4.36. The fraction of sp³-hybridized carbons (Fsp3) is 0.179. The van der Waals surface area contributed by atoms with E-state index in [-0.39, 0.29) is 5.91 Å².